The fourth-order valence-corrected chi connectivity index (χ4v) is 3.13. The Morgan fingerprint density at radius 3 is 2.64 bits per heavy atom. The highest BCUT2D eigenvalue weighted by molar-refractivity contribution is 9.10. The maximum Gasteiger partial charge on any atom is 0.262 e. The third-order valence-corrected chi connectivity index (χ3v) is 4.08. The van der Waals surface area contributed by atoms with Crippen molar-refractivity contribution in [2.75, 3.05) is 11.9 Å². The van der Waals surface area contributed by atoms with Gasteiger partial charge in [0.15, 0.2) is 6.61 Å². The molecular weight excluding hydrogens is 389 g/mol. The van der Waals surface area contributed by atoms with Gasteiger partial charge in [-0.3, -0.25) is 4.79 Å². The minimum Gasteiger partial charge on any atom is -0.482 e. The number of halogens is 3. The van der Waals surface area contributed by atoms with E-state index in [9.17, 15) is 4.79 Å². The molecule has 2 rings (SSSR count). The number of aryl methyl sites for hydroxylation is 2. The molecule has 0 radical (unpaired) electrons. The molecule has 6 heteroatoms. The summed E-state index contributed by atoms with van der Waals surface area (Å²) in [4.78, 5) is 12.0. The van der Waals surface area contributed by atoms with E-state index in [-0.39, 0.29) is 12.5 Å². The van der Waals surface area contributed by atoms with Gasteiger partial charge < -0.3 is 10.1 Å². The number of carbonyl (C=O) groups excluding carboxylic acids is 1. The lowest BCUT2D eigenvalue weighted by molar-refractivity contribution is -0.118. The molecule has 1 amide bonds. The first kappa shape index (κ1) is 17.1. The lowest BCUT2D eigenvalue weighted by Gasteiger charge is -2.13. The second-order valence-electron chi connectivity index (χ2n) is 4.85. The zero-order valence-corrected chi connectivity index (χ0v) is 15.1. The van der Waals surface area contributed by atoms with Gasteiger partial charge in [0.1, 0.15) is 5.75 Å². The molecule has 0 spiro atoms. The van der Waals surface area contributed by atoms with Gasteiger partial charge in [0.25, 0.3) is 5.91 Å². The summed E-state index contributed by atoms with van der Waals surface area (Å²) in [5.74, 6) is 0.342. The minimum absolute atomic E-state index is 0.120. The summed E-state index contributed by atoms with van der Waals surface area (Å²) in [6.07, 6.45) is 0. The van der Waals surface area contributed by atoms with Gasteiger partial charge in [0.05, 0.1) is 15.2 Å². The average molecular weight is 403 g/mol. The van der Waals surface area contributed by atoms with E-state index in [0.29, 0.717) is 21.5 Å². The molecule has 0 fully saturated rings. The van der Waals surface area contributed by atoms with Crippen LogP contribution >= 0.6 is 39.1 Å². The number of hydrogen-bond acceptors (Lipinski definition) is 2. The van der Waals surface area contributed by atoms with Crippen LogP contribution in [0, 0.1) is 13.8 Å². The molecule has 0 bridgehead atoms. The second-order valence-corrected chi connectivity index (χ2v) is 6.55. The molecule has 22 heavy (non-hydrogen) atoms. The van der Waals surface area contributed by atoms with Crippen molar-refractivity contribution in [1.29, 1.82) is 0 Å². The van der Waals surface area contributed by atoms with Gasteiger partial charge in [0.2, 0.25) is 0 Å². The number of anilines is 1. The fraction of sp³-hybridized carbons (Fsp3) is 0.188. The van der Waals surface area contributed by atoms with Crippen LogP contribution < -0.4 is 10.1 Å². The Kier molecular flexibility index (Phi) is 5.73. The van der Waals surface area contributed by atoms with Gasteiger partial charge in [-0.1, -0.05) is 29.3 Å². The van der Waals surface area contributed by atoms with E-state index < -0.39 is 0 Å². The molecule has 0 aromatic heterocycles. The SMILES string of the molecule is Cc1cc(C)c(OCC(=O)Nc2cc(Cl)ccc2Cl)c(Br)c1. The van der Waals surface area contributed by atoms with Crippen LogP contribution in [0.25, 0.3) is 0 Å². The summed E-state index contributed by atoms with van der Waals surface area (Å²) < 4.78 is 6.41. The summed E-state index contributed by atoms with van der Waals surface area (Å²) in [6, 6.07) is 8.80. The molecule has 116 valence electrons. The van der Waals surface area contributed by atoms with Crippen LogP contribution in [0.15, 0.2) is 34.8 Å². The van der Waals surface area contributed by atoms with Crippen LogP contribution in [0.1, 0.15) is 11.1 Å². The maximum absolute atomic E-state index is 12.0. The molecule has 0 saturated heterocycles. The quantitative estimate of drug-likeness (QED) is 0.744. The Morgan fingerprint density at radius 1 is 1.23 bits per heavy atom. The normalized spacial score (nSPS) is 10.4. The molecular formula is C16H14BrCl2NO2. The third kappa shape index (κ3) is 4.38. The number of rotatable bonds is 4. The van der Waals surface area contributed by atoms with Gasteiger partial charge in [-0.05, 0) is 65.2 Å². The van der Waals surface area contributed by atoms with Crippen molar-refractivity contribution in [2.24, 2.45) is 0 Å². The minimum atomic E-state index is -0.309. The highest BCUT2D eigenvalue weighted by Gasteiger charge is 2.11. The van der Waals surface area contributed by atoms with Crippen molar-refractivity contribution >= 4 is 50.7 Å². The number of carbonyl (C=O) groups is 1. The smallest absolute Gasteiger partial charge is 0.262 e. The van der Waals surface area contributed by atoms with Crippen LogP contribution in [0.5, 0.6) is 5.75 Å². The van der Waals surface area contributed by atoms with E-state index in [1.165, 1.54) is 0 Å². The number of hydrogen-bond donors (Lipinski definition) is 1. The zero-order chi connectivity index (χ0) is 16.3. The Bertz CT molecular complexity index is 696. The van der Waals surface area contributed by atoms with Gasteiger partial charge in [-0.2, -0.15) is 0 Å². The summed E-state index contributed by atoms with van der Waals surface area (Å²) in [6.45, 7) is 3.81. The Morgan fingerprint density at radius 2 is 1.95 bits per heavy atom. The molecule has 0 heterocycles. The molecule has 2 aromatic rings. The van der Waals surface area contributed by atoms with Gasteiger partial charge in [-0.15, -0.1) is 0 Å². The van der Waals surface area contributed by atoms with Crippen molar-refractivity contribution in [3.05, 3.63) is 56.0 Å². The van der Waals surface area contributed by atoms with Gasteiger partial charge in [-0.25, -0.2) is 0 Å². The van der Waals surface area contributed by atoms with E-state index in [2.05, 4.69) is 21.2 Å². The first-order valence-electron chi connectivity index (χ1n) is 6.51. The van der Waals surface area contributed by atoms with E-state index in [0.717, 1.165) is 15.6 Å². The summed E-state index contributed by atoms with van der Waals surface area (Å²) >= 11 is 15.3. The van der Waals surface area contributed by atoms with E-state index in [1.807, 2.05) is 26.0 Å². The third-order valence-electron chi connectivity index (χ3n) is 2.92. The number of ether oxygens (including phenoxy) is 1. The summed E-state index contributed by atoms with van der Waals surface area (Å²) in [5, 5.41) is 3.60. The summed E-state index contributed by atoms with van der Waals surface area (Å²) in [7, 11) is 0. The highest BCUT2D eigenvalue weighted by Crippen LogP contribution is 2.30. The highest BCUT2D eigenvalue weighted by atomic mass is 79.9. The van der Waals surface area contributed by atoms with Crippen LogP contribution in [0.2, 0.25) is 10.0 Å². The first-order valence-corrected chi connectivity index (χ1v) is 8.06. The van der Waals surface area contributed by atoms with E-state index >= 15 is 0 Å². The molecule has 0 aliphatic heterocycles. The molecule has 0 aliphatic carbocycles. The number of amides is 1. The predicted molar refractivity (Wildman–Crippen MR) is 94.2 cm³/mol. The standard InChI is InChI=1S/C16H14BrCl2NO2/c1-9-5-10(2)16(12(17)6-9)22-8-15(21)20-14-7-11(18)3-4-13(14)19/h3-7H,8H2,1-2H3,(H,20,21). The van der Waals surface area contributed by atoms with E-state index in [1.54, 1.807) is 18.2 Å². The van der Waals surface area contributed by atoms with Crippen LogP contribution in [0.4, 0.5) is 5.69 Å². The fourth-order valence-electron chi connectivity index (χ4n) is 2.00. The van der Waals surface area contributed by atoms with Crippen LogP contribution in [-0.4, -0.2) is 12.5 Å². The predicted octanol–water partition coefficient (Wildman–Crippen LogP) is 5.39. The lowest BCUT2D eigenvalue weighted by atomic mass is 10.1. The van der Waals surface area contributed by atoms with Crippen molar-refractivity contribution in [3.8, 4) is 5.75 Å². The number of benzene rings is 2. The Hall–Kier alpha value is -1.23. The van der Waals surface area contributed by atoms with Crippen molar-refractivity contribution in [3.63, 3.8) is 0 Å². The number of nitrogens with one attached hydrogen (secondary N) is 1. The van der Waals surface area contributed by atoms with Crippen molar-refractivity contribution < 1.29 is 9.53 Å². The lowest BCUT2D eigenvalue weighted by Crippen LogP contribution is -2.20. The van der Waals surface area contributed by atoms with Gasteiger partial charge in [0, 0.05) is 5.02 Å². The van der Waals surface area contributed by atoms with Crippen LogP contribution in [0.3, 0.4) is 0 Å². The molecule has 0 unspecified atom stereocenters. The molecule has 2 aromatic carbocycles. The molecule has 0 saturated carbocycles. The van der Waals surface area contributed by atoms with Crippen LogP contribution in [-0.2, 0) is 4.79 Å². The maximum atomic E-state index is 12.0. The Labute approximate surface area is 147 Å². The van der Waals surface area contributed by atoms with E-state index in [4.69, 9.17) is 27.9 Å². The summed E-state index contributed by atoms with van der Waals surface area (Å²) in [5.41, 5.74) is 2.54. The largest absolute Gasteiger partial charge is 0.482 e. The Balaban J connectivity index is 2.03. The zero-order valence-electron chi connectivity index (χ0n) is 12.0. The monoisotopic (exact) mass is 401 g/mol. The topological polar surface area (TPSA) is 38.3 Å². The molecule has 0 atom stereocenters. The van der Waals surface area contributed by atoms with Crippen molar-refractivity contribution in [2.45, 2.75) is 13.8 Å². The van der Waals surface area contributed by atoms with Gasteiger partial charge >= 0.3 is 0 Å². The molecule has 3 nitrogen and oxygen atoms in total. The average Bonchev–Trinajstić information content (AvgIpc) is 2.41. The second kappa shape index (κ2) is 7.36. The molecule has 0 aliphatic rings. The first-order chi connectivity index (χ1) is 10.4. The molecule has 1 N–H and O–H groups in total. The van der Waals surface area contributed by atoms with Crippen molar-refractivity contribution in [1.82, 2.24) is 0 Å².